The minimum absolute atomic E-state index is 0.187. The Morgan fingerprint density at radius 1 is 0.850 bits per heavy atom. The van der Waals surface area contributed by atoms with E-state index in [1.54, 1.807) is 36.4 Å². The average Bonchev–Trinajstić information content (AvgIpc) is 2.38. The van der Waals surface area contributed by atoms with Crippen molar-refractivity contribution in [3.05, 3.63) is 60.2 Å². The van der Waals surface area contributed by atoms with Crippen LogP contribution in [0, 0.1) is 0 Å². The van der Waals surface area contributed by atoms with Crippen LogP contribution in [0.25, 0.3) is 0 Å². The summed E-state index contributed by atoms with van der Waals surface area (Å²) in [6, 6.07) is 16.2. The molecule has 0 aliphatic rings. The molecule has 4 heteroatoms. The molecule has 2 rings (SSSR count). The zero-order chi connectivity index (χ0) is 14.8. The Bertz CT molecular complexity index is 574. The number of hydrogen-bond donors (Lipinski definition) is 2. The van der Waals surface area contributed by atoms with Crippen LogP contribution in [0.5, 0.6) is 5.75 Å². The van der Waals surface area contributed by atoms with E-state index in [-0.39, 0.29) is 5.41 Å². The van der Waals surface area contributed by atoms with Gasteiger partial charge < -0.3 is 0 Å². The third-order valence-corrected chi connectivity index (χ3v) is 4.48. The standard InChI is InChI=1S/C16H20O3P/c1-16(2,3)14-11-7-8-12-15(14)20(17,18)19-13-9-5-4-6-10-13/h4-12,17-18H,1-3H3/q+1. The van der Waals surface area contributed by atoms with Crippen LogP contribution in [0.15, 0.2) is 54.6 Å². The highest BCUT2D eigenvalue weighted by Gasteiger charge is 2.45. The molecule has 0 unspecified atom stereocenters. The van der Waals surface area contributed by atoms with Gasteiger partial charge >= 0.3 is 7.94 Å². The van der Waals surface area contributed by atoms with E-state index < -0.39 is 7.94 Å². The maximum atomic E-state index is 10.4. The number of rotatable bonds is 3. The Labute approximate surface area is 120 Å². The van der Waals surface area contributed by atoms with Gasteiger partial charge in [-0.3, -0.25) is 4.52 Å². The second-order valence-corrected chi connectivity index (χ2v) is 7.47. The quantitative estimate of drug-likeness (QED) is 0.852. The van der Waals surface area contributed by atoms with Crippen molar-refractivity contribution in [2.45, 2.75) is 26.2 Å². The van der Waals surface area contributed by atoms with Crippen molar-refractivity contribution in [2.75, 3.05) is 0 Å². The minimum atomic E-state index is -3.65. The minimum Gasteiger partial charge on any atom is -0.281 e. The molecule has 0 fully saturated rings. The molecule has 20 heavy (non-hydrogen) atoms. The molecular formula is C16H20O3P+. The van der Waals surface area contributed by atoms with Crippen LogP contribution in [-0.2, 0) is 5.41 Å². The first kappa shape index (κ1) is 15.0. The molecule has 0 bridgehead atoms. The lowest BCUT2D eigenvalue weighted by Gasteiger charge is -2.23. The summed E-state index contributed by atoms with van der Waals surface area (Å²) >= 11 is 0. The van der Waals surface area contributed by atoms with Crippen molar-refractivity contribution in [3.63, 3.8) is 0 Å². The van der Waals surface area contributed by atoms with E-state index in [1.807, 2.05) is 39.0 Å². The van der Waals surface area contributed by atoms with Gasteiger partial charge in [0.05, 0.1) is 0 Å². The van der Waals surface area contributed by atoms with Crippen molar-refractivity contribution in [1.29, 1.82) is 0 Å². The van der Waals surface area contributed by atoms with Gasteiger partial charge in [-0.05, 0) is 23.6 Å². The lowest BCUT2D eigenvalue weighted by atomic mass is 9.87. The fourth-order valence-corrected chi connectivity index (χ4v) is 3.56. The van der Waals surface area contributed by atoms with Gasteiger partial charge in [-0.25, -0.2) is 0 Å². The van der Waals surface area contributed by atoms with Crippen molar-refractivity contribution in [3.8, 4) is 5.75 Å². The zero-order valence-corrected chi connectivity index (χ0v) is 12.8. The lowest BCUT2D eigenvalue weighted by molar-refractivity contribution is 0.353. The van der Waals surface area contributed by atoms with Crippen LogP contribution in [0.1, 0.15) is 26.3 Å². The van der Waals surface area contributed by atoms with Crippen LogP contribution < -0.4 is 9.83 Å². The lowest BCUT2D eigenvalue weighted by Crippen LogP contribution is -2.26. The van der Waals surface area contributed by atoms with Crippen molar-refractivity contribution < 1.29 is 14.3 Å². The molecule has 0 aliphatic heterocycles. The van der Waals surface area contributed by atoms with Gasteiger partial charge in [0, 0.05) is 5.56 Å². The highest BCUT2D eigenvalue weighted by molar-refractivity contribution is 7.68. The molecule has 0 aromatic heterocycles. The summed E-state index contributed by atoms with van der Waals surface area (Å²) in [5.74, 6) is 0.453. The van der Waals surface area contributed by atoms with E-state index in [4.69, 9.17) is 4.52 Å². The normalized spacial score (nSPS) is 12.2. The maximum absolute atomic E-state index is 10.4. The second kappa shape index (κ2) is 5.53. The first-order valence-electron chi connectivity index (χ1n) is 6.50. The fourth-order valence-electron chi connectivity index (χ4n) is 2.04. The topological polar surface area (TPSA) is 49.7 Å². The zero-order valence-electron chi connectivity index (χ0n) is 11.9. The summed E-state index contributed by atoms with van der Waals surface area (Å²) in [5.41, 5.74) is 0.696. The highest BCUT2D eigenvalue weighted by atomic mass is 31.2. The Balaban J connectivity index is 2.40. The summed E-state index contributed by atoms with van der Waals surface area (Å²) in [7, 11) is -3.65. The molecule has 3 nitrogen and oxygen atoms in total. The van der Waals surface area contributed by atoms with Gasteiger partial charge in [0.15, 0.2) is 11.1 Å². The summed E-state index contributed by atoms with van der Waals surface area (Å²) in [4.78, 5) is 20.9. The molecule has 0 saturated carbocycles. The van der Waals surface area contributed by atoms with E-state index in [0.717, 1.165) is 5.56 Å². The van der Waals surface area contributed by atoms with Gasteiger partial charge in [0.2, 0.25) is 0 Å². The first-order valence-corrected chi connectivity index (χ1v) is 8.11. The third kappa shape index (κ3) is 3.37. The van der Waals surface area contributed by atoms with Crippen LogP contribution >= 0.6 is 7.94 Å². The summed E-state index contributed by atoms with van der Waals surface area (Å²) < 4.78 is 5.45. The van der Waals surface area contributed by atoms with Crippen LogP contribution in [0.2, 0.25) is 0 Å². The summed E-state index contributed by atoms with van der Waals surface area (Å²) in [6.07, 6.45) is 0. The van der Waals surface area contributed by atoms with Crippen molar-refractivity contribution in [1.82, 2.24) is 0 Å². The molecule has 2 aromatic rings. The number of para-hydroxylation sites is 1. The van der Waals surface area contributed by atoms with Gasteiger partial charge in [-0.1, -0.05) is 57.2 Å². The Morgan fingerprint density at radius 3 is 2.00 bits per heavy atom. The van der Waals surface area contributed by atoms with Gasteiger partial charge in [0.1, 0.15) is 0 Å². The SMILES string of the molecule is CC(C)(C)c1ccccc1[P+](O)(O)Oc1ccccc1. The Hall–Kier alpha value is -1.41. The largest absolute Gasteiger partial charge is 0.487 e. The summed E-state index contributed by atoms with van der Waals surface area (Å²) in [6.45, 7) is 6.11. The molecular weight excluding hydrogens is 271 g/mol. The molecule has 2 aromatic carbocycles. The van der Waals surface area contributed by atoms with E-state index in [0.29, 0.717) is 11.1 Å². The van der Waals surface area contributed by atoms with E-state index in [1.165, 1.54) is 0 Å². The van der Waals surface area contributed by atoms with Crippen LogP contribution in [-0.4, -0.2) is 9.79 Å². The smallest absolute Gasteiger partial charge is 0.281 e. The molecule has 2 N–H and O–H groups in total. The van der Waals surface area contributed by atoms with Gasteiger partial charge in [0.25, 0.3) is 0 Å². The molecule has 0 heterocycles. The molecule has 0 spiro atoms. The molecule has 0 saturated heterocycles. The van der Waals surface area contributed by atoms with E-state index in [2.05, 4.69) is 0 Å². The van der Waals surface area contributed by atoms with Gasteiger partial charge in [-0.2, -0.15) is 9.79 Å². The average molecular weight is 291 g/mol. The predicted molar refractivity (Wildman–Crippen MR) is 83.2 cm³/mol. The number of benzene rings is 2. The molecule has 0 aliphatic carbocycles. The van der Waals surface area contributed by atoms with Crippen molar-refractivity contribution in [2.24, 2.45) is 0 Å². The molecule has 106 valence electrons. The molecule has 0 radical (unpaired) electrons. The monoisotopic (exact) mass is 291 g/mol. The Kier molecular flexibility index (Phi) is 4.14. The predicted octanol–water partition coefficient (Wildman–Crippen LogP) is 3.44. The van der Waals surface area contributed by atoms with Gasteiger partial charge in [-0.15, -0.1) is 0 Å². The van der Waals surface area contributed by atoms with E-state index >= 15 is 0 Å². The summed E-state index contributed by atoms with van der Waals surface area (Å²) in [5, 5.41) is 0.469. The maximum Gasteiger partial charge on any atom is 0.487 e. The van der Waals surface area contributed by atoms with Crippen molar-refractivity contribution >= 4 is 13.2 Å². The fraction of sp³-hybridized carbons (Fsp3) is 0.250. The highest BCUT2D eigenvalue weighted by Crippen LogP contribution is 2.51. The first-order chi connectivity index (χ1) is 9.31. The van der Waals surface area contributed by atoms with E-state index in [9.17, 15) is 9.79 Å². The number of hydrogen-bond acceptors (Lipinski definition) is 3. The molecule has 0 atom stereocenters. The second-order valence-electron chi connectivity index (χ2n) is 5.72. The molecule has 0 amide bonds. The Morgan fingerprint density at radius 2 is 1.40 bits per heavy atom. The van der Waals surface area contributed by atoms with Crippen LogP contribution in [0.3, 0.4) is 0 Å². The third-order valence-electron chi connectivity index (χ3n) is 3.00. The van der Waals surface area contributed by atoms with Crippen LogP contribution in [0.4, 0.5) is 0 Å².